The standard InChI is InChI=1S/C18H25N3/c1-21-10-9-13(12-21)11-19-17-8-4-6-15-14-5-2-3-7-16(14)20-18(15)17/h2-3,5,7,13,17,19-20H,4,6,8-12H2,1H3. The summed E-state index contributed by atoms with van der Waals surface area (Å²) < 4.78 is 0. The van der Waals surface area contributed by atoms with E-state index in [1.807, 2.05) is 0 Å². The van der Waals surface area contributed by atoms with Crippen LogP contribution in [0.15, 0.2) is 24.3 Å². The quantitative estimate of drug-likeness (QED) is 0.907. The zero-order valence-electron chi connectivity index (χ0n) is 12.9. The van der Waals surface area contributed by atoms with Crippen molar-refractivity contribution in [3.05, 3.63) is 35.5 Å². The molecule has 1 aliphatic carbocycles. The molecule has 1 aromatic heterocycles. The second-order valence-electron chi connectivity index (χ2n) is 6.83. The molecule has 1 aliphatic heterocycles. The minimum absolute atomic E-state index is 0.520. The zero-order valence-corrected chi connectivity index (χ0v) is 12.9. The smallest absolute Gasteiger partial charge is 0.0476 e. The number of nitrogens with zero attached hydrogens (tertiary/aromatic N) is 1. The number of likely N-dealkylation sites (tertiary alicyclic amines) is 1. The molecule has 1 aromatic carbocycles. The molecular weight excluding hydrogens is 258 g/mol. The summed E-state index contributed by atoms with van der Waals surface area (Å²) >= 11 is 0. The summed E-state index contributed by atoms with van der Waals surface area (Å²) in [6, 6.07) is 9.27. The number of nitrogens with one attached hydrogen (secondary N) is 2. The highest BCUT2D eigenvalue weighted by Crippen LogP contribution is 2.34. The summed E-state index contributed by atoms with van der Waals surface area (Å²) in [5.74, 6) is 0.824. The molecule has 2 atom stereocenters. The highest BCUT2D eigenvalue weighted by Gasteiger charge is 2.26. The average Bonchev–Trinajstić information content (AvgIpc) is 3.09. The van der Waals surface area contributed by atoms with Gasteiger partial charge in [0.25, 0.3) is 0 Å². The van der Waals surface area contributed by atoms with Gasteiger partial charge in [0.05, 0.1) is 0 Å². The molecule has 0 bridgehead atoms. The summed E-state index contributed by atoms with van der Waals surface area (Å²) in [4.78, 5) is 6.12. The van der Waals surface area contributed by atoms with Crippen LogP contribution in [0.4, 0.5) is 0 Å². The minimum Gasteiger partial charge on any atom is -0.357 e. The molecule has 2 unspecified atom stereocenters. The van der Waals surface area contributed by atoms with E-state index in [1.54, 1.807) is 5.56 Å². The second kappa shape index (κ2) is 5.47. The fourth-order valence-corrected chi connectivity index (χ4v) is 4.12. The van der Waals surface area contributed by atoms with E-state index in [9.17, 15) is 0 Å². The topological polar surface area (TPSA) is 31.1 Å². The third-order valence-corrected chi connectivity index (χ3v) is 5.26. The Morgan fingerprint density at radius 1 is 1.29 bits per heavy atom. The largest absolute Gasteiger partial charge is 0.357 e. The van der Waals surface area contributed by atoms with Crippen LogP contribution in [0.2, 0.25) is 0 Å². The lowest BCUT2D eigenvalue weighted by Gasteiger charge is -2.25. The Hall–Kier alpha value is -1.32. The van der Waals surface area contributed by atoms with E-state index in [4.69, 9.17) is 0 Å². The Morgan fingerprint density at radius 2 is 2.19 bits per heavy atom. The van der Waals surface area contributed by atoms with Gasteiger partial charge in [-0.3, -0.25) is 0 Å². The van der Waals surface area contributed by atoms with Crippen molar-refractivity contribution < 1.29 is 0 Å². The van der Waals surface area contributed by atoms with E-state index in [-0.39, 0.29) is 0 Å². The van der Waals surface area contributed by atoms with E-state index in [0.29, 0.717) is 6.04 Å². The van der Waals surface area contributed by atoms with Gasteiger partial charge in [-0.1, -0.05) is 18.2 Å². The number of benzene rings is 1. The van der Waals surface area contributed by atoms with Gasteiger partial charge in [-0.15, -0.1) is 0 Å². The first-order chi connectivity index (χ1) is 10.3. The first kappa shape index (κ1) is 13.4. The minimum atomic E-state index is 0.520. The molecular formula is C18H25N3. The van der Waals surface area contributed by atoms with Crippen molar-refractivity contribution in [2.75, 3.05) is 26.7 Å². The first-order valence-electron chi connectivity index (χ1n) is 8.32. The molecule has 2 aromatic rings. The van der Waals surface area contributed by atoms with Gasteiger partial charge in [0.1, 0.15) is 0 Å². The van der Waals surface area contributed by atoms with Gasteiger partial charge in [0, 0.05) is 29.2 Å². The molecule has 112 valence electrons. The Balaban J connectivity index is 1.53. The Kier molecular flexibility index (Phi) is 3.48. The van der Waals surface area contributed by atoms with Gasteiger partial charge in [0.2, 0.25) is 0 Å². The first-order valence-corrected chi connectivity index (χ1v) is 8.32. The number of aryl methyl sites for hydroxylation is 1. The maximum absolute atomic E-state index is 3.84. The fraction of sp³-hybridized carbons (Fsp3) is 0.556. The summed E-state index contributed by atoms with van der Waals surface area (Å²) in [5.41, 5.74) is 4.31. The molecule has 1 fully saturated rings. The van der Waals surface area contributed by atoms with Gasteiger partial charge in [-0.2, -0.15) is 0 Å². The van der Waals surface area contributed by atoms with Gasteiger partial charge in [0.15, 0.2) is 0 Å². The highest BCUT2D eigenvalue weighted by molar-refractivity contribution is 5.85. The molecule has 1 saturated heterocycles. The number of aromatic nitrogens is 1. The monoisotopic (exact) mass is 283 g/mol. The van der Waals surface area contributed by atoms with Gasteiger partial charge in [-0.25, -0.2) is 0 Å². The molecule has 2 aliphatic rings. The zero-order chi connectivity index (χ0) is 14.2. The second-order valence-corrected chi connectivity index (χ2v) is 6.83. The molecule has 0 spiro atoms. The van der Waals surface area contributed by atoms with Crippen molar-refractivity contribution in [3.8, 4) is 0 Å². The van der Waals surface area contributed by atoms with Gasteiger partial charge in [-0.05, 0) is 63.4 Å². The number of para-hydroxylation sites is 1. The summed E-state index contributed by atoms with van der Waals surface area (Å²) in [6.07, 6.45) is 5.14. The predicted molar refractivity (Wildman–Crippen MR) is 87.6 cm³/mol. The lowest BCUT2D eigenvalue weighted by atomic mass is 9.91. The van der Waals surface area contributed by atoms with Crippen LogP contribution in [0, 0.1) is 5.92 Å². The molecule has 0 amide bonds. The summed E-state index contributed by atoms with van der Waals surface area (Å²) in [7, 11) is 2.23. The Labute approximate surface area is 126 Å². The van der Waals surface area contributed by atoms with Gasteiger partial charge < -0.3 is 15.2 Å². The molecule has 3 heteroatoms. The normalized spacial score (nSPS) is 26.3. The number of hydrogen-bond acceptors (Lipinski definition) is 2. The van der Waals surface area contributed by atoms with E-state index < -0.39 is 0 Å². The molecule has 2 heterocycles. The van der Waals surface area contributed by atoms with E-state index >= 15 is 0 Å². The Morgan fingerprint density at radius 3 is 3.05 bits per heavy atom. The van der Waals surface area contributed by atoms with Crippen LogP contribution >= 0.6 is 0 Å². The van der Waals surface area contributed by atoms with Crippen molar-refractivity contribution in [3.63, 3.8) is 0 Å². The molecule has 21 heavy (non-hydrogen) atoms. The van der Waals surface area contributed by atoms with Crippen molar-refractivity contribution in [1.29, 1.82) is 0 Å². The number of H-pyrrole nitrogens is 1. The number of aromatic amines is 1. The van der Waals surface area contributed by atoms with Crippen LogP contribution in [0.5, 0.6) is 0 Å². The Bertz CT molecular complexity index is 630. The lowest BCUT2D eigenvalue weighted by Crippen LogP contribution is -2.31. The summed E-state index contributed by atoms with van der Waals surface area (Å²) in [6.45, 7) is 3.66. The molecule has 0 radical (unpaired) electrons. The maximum atomic E-state index is 3.84. The van der Waals surface area contributed by atoms with Crippen molar-refractivity contribution >= 4 is 10.9 Å². The predicted octanol–water partition coefficient (Wildman–Crippen LogP) is 3.09. The van der Waals surface area contributed by atoms with Crippen molar-refractivity contribution in [1.82, 2.24) is 15.2 Å². The average molecular weight is 283 g/mol. The fourth-order valence-electron chi connectivity index (χ4n) is 4.12. The SMILES string of the molecule is CN1CCC(CNC2CCCc3c2[nH]c2ccccc32)C1. The molecule has 3 nitrogen and oxygen atoms in total. The number of fused-ring (bicyclic) bond motifs is 3. The molecule has 0 saturated carbocycles. The number of hydrogen-bond donors (Lipinski definition) is 2. The van der Waals surface area contributed by atoms with Gasteiger partial charge >= 0.3 is 0 Å². The number of rotatable bonds is 3. The van der Waals surface area contributed by atoms with Crippen molar-refractivity contribution in [2.45, 2.75) is 31.7 Å². The highest BCUT2D eigenvalue weighted by atomic mass is 15.1. The molecule has 4 rings (SSSR count). The van der Waals surface area contributed by atoms with Crippen molar-refractivity contribution in [2.24, 2.45) is 5.92 Å². The van der Waals surface area contributed by atoms with E-state index in [1.165, 1.54) is 55.4 Å². The van der Waals surface area contributed by atoms with Crippen LogP contribution < -0.4 is 5.32 Å². The maximum Gasteiger partial charge on any atom is 0.0476 e. The third-order valence-electron chi connectivity index (χ3n) is 5.26. The lowest BCUT2D eigenvalue weighted by molar-refractivity contribution is 0.368. The van der Waals surface area contributed by atoms with E-state index in [0.717, 1.165) is 12.5 Å². The van der Waals surface area contributed by atoms with Crippen LogP contribution in [0.25, 0.3) is 10.9 Å². The molecule has 2 N–H and O–H groups in total. The third kappa shape index (κ3) is 2.49. The summed E-state index contributed by atoms with van der Waals surface area (Å²) in [5, 5.41) is 5.27. The van der Waals surface area contributed by atoms with Crippen LogP contribution in [0.1, 0.15) is 36.6 Å². The van der Waals surface area contributed by atoms with Crippen LogP contribution in [-0.2, 0) is 6.42 Å². The van der Waals surface area contributed by atoms with Crippen LogP contribution in [0.3, 0.4) is 0 Å². The van der Waals surface area contributed by atoms with Crippen LogP contribution in [-0.4, -0.2) is 36.6 Å². The van der Waals surface area contributed by atoms with E-state index in [2.05, 4.69) is 46.5 Å².